The molecule has 1 heterocycles. The average Bonchev–Trinajstić information content (AvgIpc) is 2.24. The molecule has 0 saturated carbocycles. The third-order valence-corrected chi connectivity index (χ3v) is 2.89. The van der Waals surface area contributed by atoms with Crippen LogP contribution in [0.25, 0.3) is 0 Å². The van der Waals surface area contributed by atoms with Crippen LogP contribution in [0.3, 0.4) is 0 Å². The molecule has 17 heavy (non-hydrogen) atoms. The smallest absolute Gasteiger partial charge is 0.115 e. The Kier molecular flexibility index (Phi) is 4.18. The zero-order valence-corrected chi connectivity index (χ0v) is 10.8. The Bertz CT molecular complexity index is 428. The van der Waals surface area contributed by atoms with Crippen LogP contribution >= 0.6 is 0 Å². The summed E-state index contributed by atoms with van der Waals surface area (Å²) in [7, 11) is 0. The summed E-state index contributed by atoms with van der Waals surface area (Å²) in [5.41, 5.74) is 2.08. The number of nitrogens with zero attached hydrogens (tertiary/aromatic N) is 2. The minimum atomic E-state index is -1.04. The molecule has 0 aliphatic carbocycles. The molecule has 0 saturated heterocycles. The van der Waals surface area contributed by atoms with E-state index in [4.69, 9.17) is 0 Å². The lowest BCUT2D eigenvalue weighted by molar-refractivity contribution is 0.0371. The molecule has 3 heteroatoms. The van der Waals surface area contributed by atoms with Crippen molar-refractivity contribution in [1.82, 2.24) is 9.97 Å². The Labute approximate surface area is 103 Å². The first-order valence-corrected chi connectivity index (χ1v) is 5.71. The van der Waals surface area contributed by atoms with Gasteiger partial charge in [-0.1, -0.05) is 12.2 Å². The molecule has 92 valence electrons. The zero-order valence-electron chi connectivity index (χ0n) is 10.8. The minimum Gasteiger partial charge on any atom is -0.383 e. The normalized spacial score (nSPS) is 11.3. The molecule has 1 aromatic heterocycles. The highest BCUT2D eigenvalue weighted by molar-refractivity contribution is 5.24. The molecule has 3 nitrogen and oxygen atoms in total. The predicted octanol–water partition coefficient (Wildman–Crippen LogP) is 2.74. The van der Waals surface area contributed by atoms with Crippen LogP contribution in [0.4, 0.5) is 0 Å². The van der Waals surface area contributed by atoms with E-state index in [1.807, 2.05) is 20.8 Å². The van der Waals surface area contributed by atoms with E-state index in [1.54, 1.807) is 12.2 Å². The number of aryl methyl sites for hydroxylation is 3. The maximum absolute atomic E-state index is 10.6. The predicted molar refractivity (Wildman–Crippen MR) is 69.8 cm³/mol. The fourth-order valence-corrected chi connectivity index (χ4v) is 1.91. The molecule has 0 aromatic carbocycles. The van der Waals surface area contributed by atoms with Crippen molar-refractivity contribution in [3.05, 3.63) is 48.1 Å². The topological polar surface area (TPSA) is 46.0 Å². The van der Waals surface area contributed by atoms with Crippen molar-refractivity contribution >= 4 is 0 Å². The molecule has 1 aromatic rings. The standard InChI is InChI=1S/C14H20N2O/c1-6-8-14(17,9-7-2)13-12(5)15-10(3)11(4)16-13/h6-7,17H,1-2,8-9H2,3-5H3. The fourth-order valence-electron chi connectivity index (χ4n) is 1.91. The molecule has 1 N–H and O–H groups in total. The van der Waals surface area contributed by atoms with Gasteiger partial charge in [-0.05, 0) is 33.6 Å². The van der Waals surface area contributed by atoms with Crippen LogP contribution in [-0.4, -0.2) is 15.1 Å². The van der Waals surface area contributed by atoms with E-state index in [1.165, 1.54) is 0 Å². The lowest BCUT2D eigenvalue weighted by atomic mass is 9.90. The molecule has 0 spiro atoms. The summed E-state index contributed by atoms with van der Waals surface area (Å²) in [6.07, 6.45) is 4.27. The third kappa shape index (κ3) is 2.80. The van der Waals surface area contributed by atoms with Gasteiger partial charge in [0.2, 0.25) is 0 Å². The Balaban J connectivity index is 3.32. The van der Waals surface area contributed by atoms with Gasteiger partial charge in [0, 0.05) is 0 Å². The Morgan fingerprint density at radius 2 is 1.47 bits per heavy atom. The van der Waals surface area contributed by atoms with E-state index >= 15 is 0 Å². The second-order valence-electron chi connectivity index (χ2n) is 4.35. The Hall–Kier alpha value is -1.48. The largest absolute Gasteiger partial charge is 0.383 e. The van der Waals surface area contributed by atoms with Crippen LogP contribution in [0.1, 0.15) is 35.6 Å². The van der Waals surface area contributed by atoms with Crippen molar-refractivity contribution in [1.29, 1.82) is 0 Å². The van der Waals surface area contributed by atoms with Gasteiger partial charge in [0.15, 0.2) is 0 Å². The molecule has 0 amide bonds. The van der Waals surface area contributed by atoms with Gasteiger partial charge in [-0.15, -0.1) is 13.2 Å². The lowest BCUT2D eigenvalue weighted by Crippen LogP contribution is -2.28. The first kappa shape index (κ1) is 13.6. The van der Waals surface area contributed by atoms with Crippen molar-refractivity contribution in [2.45, 2.75) is 39.2 Å². The third-order valence-electron chi connectivity index (χ3n) is 2.89. The molecule has 0 unspecified atom stereocenters. The van der Waals surface area contributed by atoms with Crippen LogP contribution in [-0.2, 0) is 5.60 Å². The van der Waals surface area contributed by atoms with Gasteiger partial charge in [-0.25, -0.2) is 0 Å². The summed E-state index contributed by atoms with van der Waals surface area (Å²) < 4.78 is 0. The average molecular weight is 232 g/mol. The monoisotopic (exact) mass is 232 g/mol. The SMILES string of the molecule is C=CCC(O)(CC=C)c1nc(C)c(C)nc1C. The Morgan fingerprint density at radius 3 is 1.94 bits per heavy atom. The summed E-state index contributed by atoms with van der Waals surface area (Å²) in [5.74, 6) is 0. The molecule has 0 radical (unpaired) electrons. The number of aliphatic hydroxyl groups is 1. The van der Waals surface area contributed by atoms with Crippen molar-refractivity contribution in [2.75, 3.05) is 0 Å². The van der Waals surface area contributed by atoms with Gasteiger partial charge in [-0.2, -0.15) is 0 Å². The summed E-state index contributed by atoms with van der Waals surface area (Å²) in [6, 6.07) is 0. The molecule has 0 aliphatic rings. The van der Waals surface area contributed by atoms with E-state index in [0.717, 1.165) is 17.1 Å². The second-order valence-corrected chi connectivity index (χ2v) is 4.35. The van der Waals surface area contributed by atoms with Gasteiger partial charge in [0.25, 0.3) is 0 Å². The summed E-state index contributed by atoms with van der Waals surface area (Å²) in [4.78, 5) is 8.89. The number of rotatable bonds is 5. The highest BCUT2D eigenvalue weighted by atomic mass is 16.3. The van der Waals surface area contributed by atoms with Crippen LogP contribution < -0.4 is 0 Å². The van der Waals surface area contributed by atoms with Crippen molar-refractivity contribution in [3.63, 3.8) is 0 Å². The number of hydrogen-bond donors (Lipinski definition) is 1. The lowest BCUT2D eigenvalue weighted by Gasteiger charge is -2.26. The Morgan fingerprint density at radius 1 is 1.00 bits per heavy atom. The number of aromatic nitrogens is 2. The minimum absolute atomic E-state index is 0.442. The van der Waals surface area contributed by atoms with Gasteiger partial charge in [-0.3, -0.25) is 9.97 Å². The summed E-state index contributed by atoms with van der Waals surface area (Å²) >= 11 is 0. The van der Waals surface area contributed by atoms with Crippen LogP contribution in [0.2, 0.25) is 0 Å². The summed E-state index contributed by atoms with van der Waals surface area (Å²) in [5, 5.41) is 10.6. The number of hydrogen-bond acceptors (Lipinski definition) is 3. The molecule has 0 atom stereocenters. The van der Waals surface area contributed by atoms with Gasteiger partial charge in [0.05, 0.1) is 22.8 Å². The molecule has 0 fully saturated rings. The molecular formula is C14H20N2O. The summed E-state index contributed by atoms with van der Waals surface area (Å²) in [6.45, 7) is 13.0. The quantitative estimate of drug-likeness (QED) is 0.794. The molecular weight excluding hydrogens is 212 g/mol. The second kappa shape index (κ2) is 5.23. The van der Waals surface area contributed by atoms with Crippen molar-refractivity contribution in [3.8, 4) is 0 Å². The first-order chi connectivity index (χ1) is 7.94. The molecule has 0 aliphatic heterocycles. The van der Waals surface area contributed by atoms with Crippen LogP contribution in [0.5, 0.6) is 0 Å². The van der Waals surface area contributed by atoms with Gasteiger partial charge >= 0.3 is 0 Å². The van der Waals surface area contributed by atoms with Crippen molar-refractivity contribution in [2.24, 2.45) is 0 Å². The van der Waals surface area contributed by atoms with Crippen LogP contribution in [0, 0.1) is 20.8 Å². The molecule has 1 rings (SSSR count). The van der Waals surface area contributed by atoms with Gasteiger partial charge < -0.3 is 5.11 Å². The van der Waals surface area contributed by atoms with E-state index in [2.05, 4.69) is 23.1 Å². The van der Waals surface area contributed by atoms with E-state index < -0.39 is 5.60 Å². The van der Waals surface area contributed by atoms with E-state index in [9.17, 15) is 5.11 Å². The molecule has 0 bridgehead atoms. The van der Waals surface area contributed by atoms with E-state index in [0.29, 0.717) is 18.5 Å². The highest BCUT2D eigenvalue weighted by Gasteiger charge is 2.30. The highest BCUT2D eigenvalue weighted by Crippen LogP contribution is 2.30. The van der Waals surface area contributed by atoms with E-state index in [-0.39, 0.29) is 0 Å². The first-order valence-electron chi connectivity index (χ1n) is 5.71. The fraction of sp³-hybridized carbons (Fsp3) is 0.429. The zero-order chi connectivity index (χ0) is 13.1. The maximum Gasteiger partial charge on any atom is 0.115 e. The van der Waals surface area contributed by atoms with Crippen molar-refractivity contribution < 1.29 is 5.11 Å². The van der Waals surface area contributed by atoms with Gasteiger partial charge in [0.1, 0.15) is 5.60 Å². The van der Waals surface area contributed by atoms with Crippen LogP contribution in [0.15, 0.2) is 25.3 Å². The maximum atomic E-state index is 10.6.